The molecule has 0 amide bonds. The van der Waals surface area contributed by atoms with Crippen molar-refractivity contribution in [1.82, 2.24) is 10.7 Å². The maximum atomic E-state index is 5.30. The summed E-state index contributed by atoms with van der Waals surface area (Å²) < 4.78 is 0. The molecule has 1 atom stereocenters. The summed E-state index contributed by atoms with van der Waals surface area (Å²) in [7, 11) is 0. The average Bonchev–Trinajstić information content (AvgIpc) is 3.18. The minimum atomic E-state index is 0.135. The summed E-state index contributed by atoms with van der Waals surface area (Å²) in [5.74, 6) is 0. The summed E-state index contributed by atoms with van der Waals surface area (Å²) in [4.78, 5) is 2.42. The predicted molar refractivity (Wildman–Crippen MR) is 109 cm³/mol. The third-order valence-corrected chi connectivity index (χ3v) is 4.60. The summed E-state index contributed by atoms with van der Waals surface area (Å²) in [5.41, 5.74) is 6.41. The van der Waals surface area contributed by atoms with Gasteiger partial charge in [-0.05, 0) is 55.2 Å². The number of anilines is 1. The Morgan fingerprint density at radius 3 is 2.44 bits per heavy atom. The number of rotatable bonds is 5. The van der Waals surface area contributed by atoms with Gasteiger partial charge in [-0.3, -0.25) is 5.43 Å². The van der Waals surface area contributed by atoms with Gasteiger partial charge in [0.1, 0.15) is 0 Å². The third-order valence-electron chi connectivity index (χ3n) is 4.39. The largest absolute Gasteiger partial charge is 0.372 e. The van der Waals surface area contributed by atoms with E-state index in [-0.39, 0.29) is 6.04 Å². The minimum Gasteiger partial charge on any atom is -0.372 e. The van der Waals surface area contributed by atoms with Crippen LogP contribution in [0.3, 0.4) is 0 Å². The normalized spacial score (nSPS) is 15.3. The molecular weight excluding hydrogens is 328 g/mol. The second-order valence-corrected chi connectivity index (χ2v) is 6.67. The quantitative estimate of drug-likeness (QED) is 0.487. The van der Waals surface area contributed by atoms with Crippen molar-refractivity contribution in [2.75, 3.05) is 18.0 Å². The van der Waals surface area contributed by atoms with E-state index >= 15 is 0 Å². The van der Waals surface area contributed by atoms with E-state index < -0.39 is 0 Å². The Balaban J connectivity index is 1.48. The first-order valence-corrected chi connectivity index (χ1v) is 9.13. The van der Waals surface area contributed by atoms with Crippen molar-refractivity contribution in [3.05, 3.63) is 65.7 Å². The number of thiocarbonyl (C=S) groups is 1. The lowest BCUT2D eigenvalue weighted by atomic mass is 10.1. The van der Waals surface area contributed by atoms with E-state index in [1.54, 1.807) is 6.21 Å². The zero-order chi connectivity index (χ0) is 17.5. The molecule has 0 aliphatic carbocycles. The highest BCUT2D eigenvalue weighted by Gasteiger charge is 2.11. The Kier molecular flexibility index (Phi) is 6.01. The Hall–Kier alpha value is -2.40. The van der Waals surface area contributed by atoms with E-state index in [1.807, 2.05) is 18.2 Å². The molecule has 25 heavy (non-hydrogen) atoms. The molecule has 0 spiro atoms. The van der Waals surface area contributed by atoms with Crippen LogP contribution < -0.4 is 15.6 Å². The average molecular weight is 353 g/mol. The van der Waals surface area contributed by atoms with Crippen LogP contribution in [0.5, 0.6) is 0 Å². The Bertz CT molecular complexity index is 706. The molecule has 0 unspecified atom stereocenters. The van der Waals surface area contributed by atoms with Crippen LogP contribution >= 0.6 is 12.2 Å². The van der Waals surface area contributed by atoms with Crippen LogP contribution in [0.25, 0.3) is 0 Å². The van der Waals surface area contributed by atoms with Crippen molar-refractivity contribution in [2.45, 2.75) is 25.8 Å². The summed E-state index contributed by atoms with van der Waals surface area (Å²) in [6, 6.07) is 18.8. The summed E-state index contributed by atoms with van der Waals surface area (Å²) in [6.07, 6.45) is 4.37. The predicted octanol–water partition coefficient (Wildman–Crippen LogP) is 3.85. The fourth-order valence-electron chi connectivity index (χ4n) is 2.97. The molecule has 1 aliphatic heterocycles. The molecule has 1 fully saturated rings. The molecule has 2 aromatic carbocycles. The molecule has 0 saturated carbocycles. The Labute approximate surface area is 154 Å². The van der Waals surface area contributed by atoms with Gasteiger partial charge in [0.2, 0.25) is 0 Å². The Morgan fingerprint density at radius 2 is 1.76 bits per heavy atom. The SMILES string of the molecule is C[C@@H](NC(=S)N/N=C/c1ccc(N2CCCC2)cc1)c1ccccc1. The molecule has 3 rings (SSSR count). The summed E-state index contributed by atoms with van der Waals surface area (Å²) >= 11 is 5.30. The van der Waals surface area contributed by atoms with Crippen molar-refractivity contribution in [3.63, 3.8) is 0 Å². The van der Waals surface area contributed by atoms with Crippen molar-refractivity contribution in [2.24, 2.45) is 5.10 Å². The lowest BCUT2D eigenvalue weighted by Gasteiger charge is -2.17. The smallest absolute Gasteiger partial charge is 0.187 e. The van der Waals surface area contributed by atoms with E-state index in [0.29, 0.717) is 5.11 Å². The second-order valence-electron chi connectivity index (χ2n) is 6.26. The third kappa shape index (κ3) is 5.03. The zero-order valence-electron chi connectivity index (χ0n) is 14.5. The lowest BCUT2D eigenvalue weighted by molar-refractivity contribution is 0.704. The van der Waals surface area contributed by atoms with Crippen LogP contribution in [0, 0.1) is 0 Å². The maximum Gasteiger partial charge on any atom is 0.187 e. The fourth-order valence-corrected chi connectivity index (χ4v) is 3.20. The maximum absolute atomic E-state index is 5.30. The molecule has 5 heteroatoms. The highest BCUT2D eigenvalue weighted by molar-refractivity contribution is 7.80. The number of benzene rings is 2. The molecular formula is C20H24N4S. The molecule has 0 bridgehead atoms. The number of nitrogens with one attached hydrogen (secondary N) is 2. The zero-order valence-corrected chi connectivity index (χ0v) is 15.3. The number of hydrogen-bond donors (Lipinski definition) is 2. The summed E-state index contributed by atoms with van der Waals surface area (Å²) in [6.45, 7) is 4.40. The minimum absolute atomic E-state index is 0.135. The first kappa shape index (κ1) is 17.4. The molecule has 1 aliphatic rings. The van der Waals surface area contributed by atoms with Crippen LogP contribution in [0.1, 0.15) is 36.9 Å². The first-order valence-electron chi connectivity index (χ1n) is 8.72. The standard InChI is InChI=1S/C20H24N4S/c1-16(18-7-3-2-4-8-18)22-20(25)23-21-15-17-9-11-19(12-10-17)24-13-5-6-14-24/h2-4,7-12,15-16H,5-6,13-14H2,1H3,(H2,22,23,25)/b21-15+/t16-/m1/s1. The van der Waals surface area contributed by atoms with E-state index in [1.165, 1.54) is 24.1 Å². The van der Waals surface area contributed by atoms with Crippen molar-refractivity contribution >= 4 is 29.2 Å². The number of hydrazone groups is 1. The van der Waals surface area contributed by atoms with Crippen LogP contribution in [0.15, 0.2) is 59.7 Å². The molecule has 4 nitrogen and oxygen atoms in total. The van der Waals surface area contributed by atoms with E-state index in [2.05, 4.69) is 64.1 Å². The van der Waals surface area contributed by atoms with Gasteiger partial charge in [0.25, 0.3) is 0 Å². The number of hydrogen-bond acceptors (Lipinski definition) is 3. The van der Waals surface area contributed by atoms with Gasteiger partial charge in [0, 0.05) is 18.8 Å². The molecule has 1 heterocycles. The van der Waals surface area contributed by atoms with E-state index in [4.69, 9.17) is 12.2 Å². The van der Waals surface area contributed by atoms with Gasteiger partial charge in [-0.2, -0.15) is 5.10 Å². The Morgan fingerprint density at radius 1 is 1.08 bits per heavy atom. The first-order chi connectivity index (χ1) is 12.2. The van der Waals surface area contributed by atoms with Gasteiger partial charge < -0.3 is 10.2 Å². The second kappa shape index (κ2) is 8.62. The lowest BCUT2D eigenvalue weighted by Crippen LogP contribution is -2.34. The monoisotopic (exact) mass is 352 g/mol. The van der Waals surface area contributed by atoms with Gasteiger partial charge in [-0.1, -0.05) is 42.5 Å². The van der Waals surface area contributed by atoms with Gasteiger partial charge >= 0.3 is 0 Å². The van der Waals surface area contributed by atoms with Gasteiger partial charge in [-0.15, -0.1) is 0 Å². The van der Waals surface area contributed by atoms with Crippen LogP contribution in [-0.2, 0) is 0 Å². The highest BCUT2D eigenvalue weighted by Crippen LogP contribution is 2.19. The topological polar surface area (TPSA) is 39.7 Å². The number of nitrogens with zero attached hydrogens (tertiary/aromatic N) is 2. The van der Waals surface area contributed by atoms with Gasteiger partial charge in [0.05, 0.1) is 12.3 Å². The van der Waals surface area contributed by atoms with E-state index in [9.17, 15) is 0 Å². The molecule has 2 N–H and O–H groups in total. The van der Waals surface area contributed by atoms with Crippen molar-refractivity contribution < 1.29 is 0 Å². The molecule has 0 aromatic heterocycles. The molecule has 1 saturated heterocycles. The fraction of sp³-hybridized carbons (Fsp3) is 0.300. The van der Waals surface area contributed by atoms with E-state index in [0.717, 1.165) is 18.7 Å². The van der Waals surface area contributed by atoms with Crippen LogP contribution in [0.2, 0.25) is 0 Å². The van der Waals surface area contributed by atoms with Crippen LogP contribution in [0.4, 0.5) is 5.69 Å². The van der Waals surface area contributed by atoms with Crippen molar-refractivity contribution in [1.29, 1.82) is 0 Å². The highest BCUT2D eigenvalue weighted by atomic mass is 32.1. The van der Waals surface area contributed by atoms with Gasteiger partial charge in [-0.25, -0.2) is 0 Å². The van der Waals surface area contributed by atoms with Crippen LogP contribution in [-0.4, -0.2) is 24.4 Å². The molecule has 2 aromatic rings. The summed E-state index contributed by atoms with van der Waals surface area (Å²) in [5, 5.41) is 7.97. The van der Waals surface area contributed by atoms with Crippen molar-refractivity contribution in [3.8, 4) is 0 Å². The molecule has 130 valence electrons. The van der Waals surface area contributed by atoms with Gasteiger partial charge in [0.15, 0.2) is 5.11 Å². The molecule has 0 radical (unpaired) electrons.